The molecule has 164 valence electrons. The van der Waals surface area contributed by atoms with Crippen LogP contribution in [0.25, 0.3) is 11.0 Å². The van der Waals surface area contributed by atoms with Crippen molar-refractivity contribution in [3.05, 3.63) is 63.8 Å². The number of benzene rings is 1. The summed E-state index contributed by atoms with van der Waals surface area (Å²) >= 11 is 12.2. The van der Waals surface area contributed by atoms with Crippen molar-refractivity contribution in [3.8, 4) is 0 Å². The lowest BCUT2D eigenvalue weighted by Crippen LogP contribution is -2.48. The lowest BCUT2D eigenvalue weighted by molar-refractivity contribution is 0.0489. The number of piperazine rings is 1. The van der Waals surface area contributed by atoms with Crippen LogP contribution >= 0.6 is 23.2 Å². The molecule has 2 aromatic heterocycles. The van der Waals surface area contributed by atoms with Crippen LogP contribution in [0.1, 0.15) is 22.1 Å². The largest absolute Gasteiger partial charge is 0.420 e. The molecule has 0 saturated carbocycles. The topological polar surface area (TPSA) is 78.9 Å². The van der Waals surface area contributed by atoms with Gasteiger partial charge in [0.25, 0.3) is 5.91 Å². The van der Waals surface area contributed by atoms with Gasteiger partial charge in [-0.25, -0.2) is 14.8 Å². The average Bonchev–Trinajstić information content (AvgIpc) is 3.04. The number of anilines is 1. The van der Waals surface area contributed by atoms with Gasteiger partial charge in [0, 0.05) is 42.2 Å². The summed E-state index contributed by atoms with van der Waals surface area (Å²) in [5.41, 5.74) is 1.32. The van der Waals surface area contributed by atoms with Gasteiger partial charge in [-0.3, -0.25) is 9.69 Å². The third-order valence-corrected chi connectivity index (χ3v) is 6.14. The van der Waals surface area contributed by atoms with Crippen molar-refractivity contribution in [2.75, 3.05) is 38.1 Å². The summed E-state index contributed by atoms with van der Waals surface area (Å²) in [6.45, 7) is 2.63. The first-order valence-electron chi connectivity index (χ1n) is 10.1. The van der Waals surface area contributed by atoms with Crippen LogP contribution < -0.4 is 4.90 Å². The van der Waals surface area contributed by atoms with E-state index in [0.29, 0.717) is 45.9 Å². The number of nitrogens with zero attached hydrogens (tertiary/aromatic N) is 5. The summed E-state index contributed by atoms with van der Waals surface area (Å²) in [5, 5.41) is 1.49. The maximum atomic E-state index is 13.3. The minimum Gasteiger partial charge on any atom is -0.420 e. The molecular weight excluding hydrogens is 453 g/mol. The zero-order valence-corrected chi connectivity index (χ0v) is 18.7. The molecule has 2 amide bonds. The molecular formula is C22H19Cl2N5O3. The van der Waals surface area contributed by atoms with Crippen LogP contribution in [0.15, 0.2) is 42.5 Å². The second-order valence-electron chi connectivity index (χ2n) is 7.78. The first-order valence-corrected chi connectivity index (χ1v) is 10.9. The van der Waals surface area contributed by atoms with Crippen LogP contribution in [-0.4, -0.2) is 65.0 Å². The molecule has 2 aliphatic heterocycles. The standard InChI is InChI=1S/C22H19Cl2N5O3/c1-27-8-10-28(11-9-27)22(31)32-21-15-5-4-14(23)12-16(15)20(30)29(21)18-7-3-13-2-6-17(24)25-19(13)26-18/h2-7,12,21H,8-11H2,1H3. The minimum absolute atomic E-state index is 0.294. The number of hydrogen-bond acceptors (Lipinski definition) is 6. The molecule has 8 nitrogen and oxygen atoms in total. The Kier molecular flexibility index (Phi) is 5.36. The van der Waals surface area contributed by atoms with Crippen LogP contribution in [-0.2, 0) is 4.74 Å². The van der Waals surface area contributed by atoms with E-state index in [1.54, 1.807) is 47.4 Å². The molecule has 1 fully saturated rings. The molecule has 10 heteroatoms. The van der Waals surface area contributed by atoms with Crippen molar-refractivity contribution >= 4 is 52.1 Å². The number of rotatable bonds is 2. The molecule has 1 aromatic carbocycles. The van der Waals surface area contributed by atoms with Crippen molar-refractivity contribution in [1.82, 2.24) is 19.8 Å². The number of hydrogen-bond donors (Lipinski definition) is 0. The Morgan fingerprint density at radius 2 is 1.78 bits per heavy atom. The van der Waals surface area contributed by atoms with E-state index in [1.165, 1.54) is 4.90 Å². The maximum absolute atomic E-state index is 13.3. The van der Waals surface area contributed by atoms with Gasteiger partial charge < -0.3 is 14.5 Å². The predicted molar refractivity (Wildman–Crippen MR) is 121 cm³/mol. The quantitative estimate of drug-likeness (QED) is 0.525. The summed E-state index contributed by atoms with van der Waals surface area (Å²) in [5.74, 6) is -0.0478. The normalized spacial score (nSPS) is 18.8. The average molecular weight is 472 g/mol. The first kappa shape index (κ1) is 20.9. The molecule has 0 spiro atoms. The van der Waals surface area contributed by atoms with Gasteiger partial charge in [-0.05, 0) is 43.4 Å². The lowest BCUT2D eigenvalue weighted by atomic mass is 10.1. The van der Waals surface area contributed by atoms with E-state index in [9.17, 15) is 9.59 Å². The van der Waals surface area contributed by atoms with Crippen molar-refractivity contribution in [1.29, 1.82) is 0 Å². The summed E-state index contributed by atoms with van der Waals surface area (Å²) < 4.78 is 5.87. The molecule has 0 bridgehead atoms. The van der Waals surface area contributed by atoms with E-state index in [-0.39, 0.29) is 5.91 Å². The Bertz CT molecular complexity index is 1230. The highest BCUT2D eigenvalue weighted by molar-refractivity contribution is 6.31. The maximum Gasteiger partial charge on any atom is 0.412 e. The van der Waals surface area contributed by atoms with Crippen LogP contribution in [0.2, 0.25) is 10.2 Å². The molecule has 5 rings (SSSR count). The van der Waals surface area contributed by atoms with Gasteiger partial charge in [0.2, 0.25) is 6.23 Å². The number of aromatic nitrogens is 2. The highest BCUT2D eigenvalue weighted by Gasteiger charge is 2.42. The number of pyridine rings is 2. The second-order valence-corrected chi connectivity index (χ2v) is 8.61. The molecule has 2 aliphatic rings. The number of amides is 2. The summed E-state index contributed by atoms with van der Waals surface area (Å²) in [6, 6.07) is 11.9. The van der Waals surface area contributed by atoms with Gasteiger partial charge in [-0.2, -0.15) is 0 Å². The third-order valence-electron chi connectivity index (χ3n) is 5.69. The lowest BCUT2D eigenvalue weighted by Gasteiger charge is -2.33. The molecule has 3 aromatic rings. The predicted octanol–water partition coefficient (Wildman–Crippen LogP) is 3.98. The number of carbonyl (C=O) groups is 2. The highest BCUT2D eigenvalue weighted by atomic mass is 35.5. The summed E-state index contributed by atoms with van der Waals surface area (Å²) in [6.07, 6.45) is -1.45. The fourth-order valence-electron chi connectivity index (χ4n) is 3.90. The SMILES string of the molecule is CN1CCN(C(=O)OC2c3ccc(Cl)cc3C(=O)N2c2ccc3ccc(Cl)nc3n2)CC1. The van der Waals surface area contributed by atoms with Gasteiger partial charge in [0.05, 0.1) is 5.56 Å². The Morgan fingerprint density at radius 3 is 2.56 bits per heavy atom. The second kappa shape index (κ2) is 8.20. The van der Waals surface area contributed by atoms with Gasteiger partial charge in [0.1, 0.15) is 11.0 Å². The zero-order chi connectivity index (χ0) is 22.4. The van der Waals surface area contributed by atoms with Gasteiger partial charge in [0.15, 0.2) is 5.65 Å². The number of halogens is 2. The molecule has 1 atom stereocenters. The number of fused-ring (bicyclic) bond motifs is 2. The van der Waals surface area contributed by atoms with E-state index < -0.39 is 12.3 Å². The van der Waals surface area contributed by atoms with E-state index in [0.717, 1.165) is 18.5 Å². The van der Waals surface area contributed by atoms with Gasteiger partial charge >= 0.3 is 6.09 Å². The van der Waals surface area contributed by atoms with Crippen molar-refractivity contribution < 1.29 is 14.3 Å². The van der Waals surface area contributed by atoms with Crippen LogP contribution in [0.4, 0.5) is 10.6 Å². The van der Waals surface area contributed by atoms with E-state index >= 15 is 0 Å². The molecule has 1 unspecified atom stereocenters. The van der Waals surface area contributed by atoms with Crippen LogP contribution in [0.3, 0.4) is 0 Å². The minimum atomic E-state index is -0.967. The summed E-state index contributed by atoms with van der Waals surface area (Å²) in [7, 11) is 2.01. The monoisotopic (exact) mass is 471 g/mol. The Hall–Kier alpha value is -2.94. The molecule has 4 heterocycles. The van der Waals surface area contributed by atoms with Crippen molar-refractivity contribution in [2.45, 2.75) is 6.23 Å². The zero-order valence-electron chi connectivity index (χ0n) is 17.2. The van der Waals surface area contributed by atoms with E-state index in [1.807, 2.05) is 7.05 Å². The summed E-state index contributed by atoms with van der Waals surface area (Å²) in [4.78, 5) is 40.2. The fourth-order valence-corrected chi connectivity index (χ4v) is 4.22. The molecule has 1 saturated heterocycles. The van der Waals surface area contributed by atoms with Crippen molar-refractivity contribution in [2.24, 2.45) is 0 Å². The van der Waals surface area contributed by atoms with Crippen LogP contribution in [0, 0.1) is 0 Å². The molecule has 32 heavy (non-hydrogen) atoms. The van der Waals surface area contributed by atoms with Gasteiger partial charge in [-0.1, -0.05) is 29.3 Å². The van der Waals surface area contributed by atoms with E-state index in [4.69, 9.17) is 27.9 Å². The van der Waals surface area contributed by atoms with Crippen molar-refractivity contribution in [3.63, 3.8) is 0 Å². The van der Waals surface area contributed by atoms with Gasteiger partial charge in [-0.15, -0.1) is 0 Å². The molecule has 0 aliphatic carbocycles. The molecule has 0 radical (unpaired) electrons. The highest BCUT2D eigenvalue weighted by Crippen LogP contribution is 2.39. The Morgan fingerprint density at radius 1 is 1.03 bits per heavy atom. The fraction of sp³-hybridized carbons (Fsp3) is 0.273. The number of ether oxygens (including phenoxy) is 1. The third kappa shape index (κ3) is 3.74. The van der Waals surface area contributed by atoms with E-state index in [2.05, 4.69) is 14.9 Å². The first-order chi connectivity index (χ1) is 15.4. The van der Waals surface area contributed by atoms with Crippen LogP contribution in [0.5, 0.6) is 0 Å². The smallest absolute Gasteiger partial charge is 0.412 e. The Balaban J connectivity index is 1.52. The number of carbonyl (C=O) groups excluding carboxylic acids is 2. The number of likely N-dealkylation sites (N-methyl/N-ethyl adjacent to an activating group) is 1. The molecule has 0 N–H and O–H groups in total. The Labute approximate surface area is 194 Å².